The van der Waals surface area contributed by atoms with Crippen molar-refractivity contribution in [2.45, 2.75) is 25.4 Å². The van der Waals surface area contributed by atoms with E-state index in [1.165, 1.54) is 12.0 Å². The Morgan fingerprint density at radius 3 is 2.89 bits per heavy atom. The second-order valence-corrected chi connectivity index (χ2v) is 4.54. The number of rotatable bonds is 6. The van der Waals surface area contributed by atoms with E-state index in [9.17, 15) is 0 Å². The van der Waals surface area contributed by atoms with E-state index in [2.05, 4.69) is 24.0 Å². The fraction of sp³-hybridized carbons (Fsp3) is 0.467. The molecule has 1 fully saturated rings. The average molecular weight is 247 g/mol. The maximum Gasteiger partial charge on any atom is 0.119 e. The molecule has 18 heavy (non-hydrogen) atoms. The summed E-state index contributed by atoms with van der Waals surface area (Å²) in [6, 6.07) is 8.68. The SMILES string of the molecule is C=CCOc1ccc(CNC2CCCOC2)cc1. The van der Waals surface area contributed by atoms with Crippen LogP contribution in [-0.2, 0) is 11.3 Å². The highest BCUT2D eigenvalue weighted by atomic mass is 16.5. The van der Waals surface area contributed by atoms with E-state index in [1.807, 2.05) is 12.1 Å². The van der Waals surface area contributed by atoms with Crippen molar-refractivity contribution in [1.82, 2.24) is 5.32 Å². The number of nitrogens with one attached hydrogen (secondary N) is 1. The minimum absolute atomic E-state index is 0.496. The van der Waals surface area contributed by atoms with Crippen LogP contribution < -0.4 is 10.1 Å². The first kappa shape index (κ1) is 13.1. The molecular formula is C15H21NO2. The summed E-state index contributed by atoms with van der Waals surface area (Å²) in [5, 5.41) is 3.52. The van der Waals surface area contributed by atoms with Gasteiger partial charge in [-0.25, -0.2) is 0 Å². The molecule has 98 valence electrons. The molecule has 1 aliphatic rings. The molecule has 1 aromatic carbocycles. The smallest absolute Gasteiger partial charge is 0.119 e. The van der Waals surface area contributed by atoms with Crippen molar-refractivity contribution in [3.63, 3.8) is 0 Å². The minimum Gasteiger partial charge on any atom is -0.490 e. The molecule has 0 spiro atoms. The predicted octanol–water partition coefficient (Wildman–Crippen LogP) is 2.52. The Labute approximate surface area is 109 Å². The van der Waals surface area contributed by atoms with E-state index in [1.54, 1.807) is 6.08 Å². The van der Waals surface area contributed by atoms with Gasteiger partial charge >= 0.3 is 0 Å². The summed E-state index contributed by atoms with van der Waals surface area (Å²) < 4.78 is 10.9. The average Bonchev–Trinajstić information content (AvgIpc) is 2.45. The first-order valence-corrected chi connectivity index (χ1v) is 6.52. The van der Waals surface area contributed by atoms with Crippen LogP contribution in [0.2, 0.25) is 0 Å². The van der Waals surface area contributed by atoms with Crippen molar-refractivity contribution in [2.75, 3.05) is 19.8 Å². The molecule has 1 atom stereocenters. The van der Waals surface area contributed by atoms with Crippen molar-refractivity contribution < 1.29 is 9.47 Å². The van der Waals surface area contributed by atoms with Gasteiger partial charge in [0.05, 0.1) is 6.61 Å². The van der Waals surface area contributed by atoms with Gasteiger partial charge in [0.1, 0.15) is 12.4 Å². The second kappa shape index (κ2) is 7.19. The van der Waals surface area contributed by atoms with E-state index in [-0.39, 0.29) is 0 Å². The molecule has 2 rings (SSSR count). The van der Waals surface area contributed by atoms with E-state index in [0.717, 1.165) is 31.9 Å². The summed E-state index contributed by atoms with van der Waals surface area (Å²) in [6.45, 7) is 6.81. The van der Waals surface area contributed by atoms with Crippen LogP contribution in [0.4, 0.5) is 0 Å². The van der Waals surface area contributed by atoms with Crippen molar-refractivity contribution in [3.8, 4) is 5.75 Å². The summed E-state index contributed by atoms with van der Waals surface area (Å²) in [5.41, 5.74) is 1.27. The molecule has 0 saturated carbocycles. The van der Waals surface area contributed by atoms with Gasteiger partial charge in [0.2, 0.25) is 0 Å². The highest BCUT2D eigenvalue weighted by Crippen LogP contribution is 2.13. The Bertz CT molecular complexity index is 355. The van der Waals surface area contributed by atoms with Crippen molar-refractivity contribution >= 4 is 0 Å². The normalized spacial score (nSPS) is 19.4. The number of hydrogen-bond donors (Lipinski definition) is 1. The van der Waals surface area contributed by atoms with Crippen molar-refractivity contribution in [1.29, 1.82) is 0 Å². The lowest BCUT2D eigenvalue weighted by Crippen LogP contribution is -2.36. The minimum atomic E-state index is 0.496. The van der Waals surface area contributed by atoms with E-state index in [4.69, 9.17) is 9.47 Å². The van der Waals surface area contributed by atoms with Crippen LogP contribution in [0.5, 0.6) is 5.75 Å². The zero-order valence-electron chi connectivity index (χ0n) is 10.7. The zero-order chi connectivity index (χ0) is 12.6. The first-order chi connectivity index (χ1) is 8.88. The molecule has 3 heteroatoms. The maximum atomic E-state index is 5.45. The van der Waals surface area contributed by atoms with Gasteiger partial charge in [-0.05, 0) is 30.5 Å². The summed E-state index contributed by atoms with van der Waals surface area (Å²) in [5.74, 6) is 0.889. The lowest BCUT2D eigenvalue weighted by molar-refractivity contribution is 0.0699. The van der Waals surface area contributed by atoms with Gasteiger partial charge in [0.15, 0.2) is 0 Å². The third-order valence-electron chi connectivity index (χ3n) is 3.05. The Balaban J connectivity index is 1.76. The fourth-order valence-corrected chi connectivity index (χ4v) is 2.02. The molecule has 3 nitrogen and oxygen atoms in total. The molecule has 1 unspecified atom stereocenters. The summed E-state index contributed by atoms with van der Waals surface area (Å²) in [4.78, 5) is 0. The van der Waals surface area contributed by atoms with E-state index < -0.39 is 0 Å². The van der Waals surface area contributed by atoms with Gasteiger partial charge in [0, 0.05) is 19.2 Å². The highest BCUT2D eigenvalue weighted by molar-refractivity contribution is 5.27. The van der Waals surface area contributed by atoms with Crippen LogP contribution in [0, 0.1) is 0 Å². The van der Waals surface area contributed by atoms with Crippen molar-refractivity contribution in [2.24, 2.45) is 0 Å². The Kier molecular flexibility index (Phi) is 5.24. The standard InChI is InChI=1S/C15H21NO2/c1-2-9-18-15-7-5-13(6-8-15)11-16-14-4-3-10-17-12-14/h2,5-8,14,16H,1,3-4,9-12H2. The maximum absolute atomic E-state index is 5.45. The van der Waals surface area contributed by atoms with Gasteiger partial charge < -0.3 is 14.8 Å². The molecule has 1 heterocycles. The lowest BCUT2D eigenvalue weighted by atomic mass is 10.1. The number of ether oxygens (including phenoxy) is 2. The molecule has 0 amide bonds. The van der Waals surface area contributed by atoms with Crippen molar-refractivity contribution in [3.05, 3.63) is 42.5 Å². The zero-order valence-corrected chi connectivity index (χ0v) is 10.7. The lowest BCUT2D eigenvalue weighted by Gasteiger charge is -2.23. The second-order valence-electron chi connectivity index (χ2n) is 4.54. The summed E-state index contributed by atoms with van der Waals surface area (Å²) in [6.07, 6.45) is 4.12. The third-order valence-corrected chi connectivity index (χ3v) is 3.05. The molecule has 1 aromatic rings. The van der Waals surface area contributed by atoms with Crippen LogP contribution in [0.1, 0.15) is 18.4 Å². The van der Waals surface area contributed by atoms with Crippen LogP contribution in [0.15, 0.2) is 36.9 Å². The molecule has 0 bridgehead atoms. The molecule has 1 aliphatic heterocycles. The number of hydrogen-bond acceptors (Lipinski definition) is 3. The summed E-state index contributed by atoms with van der Waals surface area (Å²) >= 11 is 0. The van der Waals surface area contributed by atoms with Gasteiger partial charge in [-0.3, -0.25) is 0 Å². The number of benzene rings is 1. The van der Waals surface area contributed by atoms with Crippen LogP contribution >= 0.6 is 0 Å². The summed E-state index contributed by atoms with van der Waals surface area (Å²) in [7, 11) is 0. The van der Waals surface area contributed by atoms with Gasteiger partial charge in [-0.1, -0.05) is 24.8 Å². The first-order valence-electron chi connectivity index (χ1n) is 6.52. The van der Waals surface area contributed by atoms with Crippen LogP contribution in [-0.4, -0.2) is 25.9 Å². The molecule has 1 saturated heterocycles. The predicted molar refractivity (Wildman–Crippen MR) is 72.8 cm³/mol. The van der Waals surface area contributed by atoms with Crippen LogP contribution in [0.25, 0.3) is 0 Å². The Morgan fingerprint density at radius 1 is 1.39 bits per heavy atom. The van der Waals surface area contributed by atoms with Gasteiger partial charge in [-0.15, -0.1) is 0 Å². The van der Waals surface area contributed by atoms with E-state index >= 15 is 0 Å². The van der Waals surface area contributed by atoms with Crippen LogP contribution in [0.3, 0.4) is 0 Å². The topological polar surface area (TPSA) is 30.5 Å². The fourth-order valence-electron chi connectivity index (χ4n) is 2.02. The highest BCUT2D eigenvalue weighted by Gasteiger charge is 2.12. The Hall–Kier alpha value is -1.32. The molecular weight excluding hydrogens is 226 g/mol. The van der Waals surface area contributed by atoms with Gasteiger partial charge in [0.25, 0.3) is 0 Å². The Morgan fingerprint density at radius 2 is 2.22 bits per heavy atom. The largest absolute Gasteiger partial charge is 0.490 e. The molecule has 1 N–H and O–H groups in total. The molecule has 0 aromatic heterocycles. The molecule has 0 radical (unpaired) electrons. The quantitative estimate of drug-likeness (QED) is 0.784. The van der Waals surface area contributed by atoms with E-state index in [0.29, 0.717) is 12.6 Å². The van der Waals surface area contributed by atoms with Gasteiger partial charge in [-0.2, -0.15) is 0 Å². The third kappa shape index (κ3) is 4.17. The molecule has 0 aliphatic carbocycles. The monoisotopic (exact) mass is 247 g/mol.